The monoisotopic (exact) mass is 686 g/mol. The van der Waals surface area contributed by atoms with E-state index in [1.165, 1.54) is 0 Å². The fourth-order valence-corrected chi connectivity index (χ4v) is 0. The molecule has 0 amide bonds. The molecule has 0 spiro atoms. The van der Waals surface area contributed by atoms with Crippen LogP contribution in [0.2, 0.25) is 0 Å². The van der Waals surface area contributed by atoms with E-state index in [1.54, 1.807) is 0 Å². The zero-order valence-corrected chi connectivity index (χ0v) is 11.2. The van der Waals surface area contributed by atoms with E-state index < -0.39 is 0 Å². The van der Waals surface area contributed by atoms with Gasteiger partial charge < -0.3 is 0 Å². The van der Waals surface area contributed by atoms with Crippen LogP contribution < -0.4 is 0 Å². The molecule has 123 valence electrons. The quantitative estimate of drug-likeness (QED) is 0.224. The SMILES string of the molecule is [AlH3].[AlH3].[AlH3].[AlH3].[Cu].[Cu].[Cu].[Cu].[Cu].[Cu].[Cu].[Cu].[Cu]. The molecule has 0 aliphatic rings. The predicted molar refractivity (Wildman–Crippen MR) is 39.8 cm³/mol. The van der Waals surface area contributed by atoms with Crippen LogP contribution in [0.4, 0.5) is 0 Å². The van der Waals surface area contributed by atoms with Crippen molar-refractivity contribution in [2.45, 2.75) is 0 Å². The van der Waals surface area contributed by atoms with Crippen molar-refractivity contribution in [3.8, 4) is 0 Å². The van der Waals surface area contributed by atoms with Crippen LogP contribution in [0.15, 0.2) is 0 Å². The molecule has 0 atom stereocenters. The maximum Gasteiger partial charge on any atom is 0.187 e. The van der Waals surface area contributed by atoms with Crippen molar-refractivity contribution in [2.75, 3.05) is 0 Å². The van der Waals surface area contributed by atoms with Crippen LogP contribution in [0.25, 0.3) is 0 Å². The van der Waals surface area contributed by atoms with Gasteiger partial charge in [-0.3, -0.25) is 0 Å². The first-order chi connectivity index (χ1) is 0. The van der Waals surface area contributed by atoms with Crippen LogP contribution in [0, 0.1) is 0 Å². The fourth-order valence-electron chi connectivity index (χ4n) is 0. The first kappa shape index (κ1) is 151. The smallest absolute Gasteiger partial charge is 0 e. The van der Waals surface area contributed by atoms with Crippen molar-refractivity contribution in [1.82, 2.24) is 0 Å². The van der Waals surface area contributed by atoms with E-state index in [-0.39, 0.29) is 223 Å². The van der Waals surface area contributed by atoms with Crippen molar-refractivity contribution in [3.05, 3.63) is 0 Å². The van der Waals surface area contributed by atoms with E-state index >= 15 is 0 Å². The van der Waals surface area contributed by atoms with Gasteiger partial charge in [0.2, 0.25) is 0 Å². The molecule has 0 aliphatic carbocycles. The Morgan fingerprint density at radius 2 is 0.154 bits per heavy atom. The molecule has 0 bridgehead atoms. The van der Waals surface area contributed by atoms with Crippen LogP contribution in [-0.4, -0.2) is 69.4 Å². The summed E-state index contributed by atoms with van der Waals surface area (Å²) in [4.78, 5) is 0. The minimum absolute atomic E-state index is 0. The Kier molecular flexibility index (Phi) is 1500. The summed E-state index contributed by atoms with van der Waals surface area (Å²) in [5.74, 6) is 0. The molecular weight excluding hydrogens is 680 g/mol. The number of rotatable bonds is 0. The first-order valence-electron chi connectivity index (χ1n) is 0. The molecule has 0 N–H and O–H groups in total. The second-order valence-electron chi connectivity index (χ2n) is 0. The maximum atomic E-state index is 0. The van der Waals surface area contributed by atoms with Gasteiger partial charge in [-0.2, -0.15) is 0 Å². The second-order valence-corrected chi connectivity index (χ2v) is 0. The molecule has 0 rings (SSSR count). The van der Waals surface area contributed by atoms with Crippen molar-refractivity contribution in [3.63, 3.8) is 0 Å². The third kappa shape index (κ3) is 115. The summed E-state index contributed by atoms with van der Waals surface area (Å²) in [6.07, 6.45) is 0. The largest absolute Gasteiger partial charge is 0.187 e. The van der Waals surface area contributed by atoms with Crippen molar-refractivity contribution in [1.29, 1.82) is 0 Å². The summed E-state index contributed by atoms with van der Waals surface area (Å²) in [6, 6.07) is 0. The Bertz CT molecular complexity index is 11.6. The van der Waals surface area contributed by atoms with Crippen molar-refractivity contribution in [2.24, 2.45) is 0 Å². The van der Waals surface area contributed by atoms with E-state index in [9.17, 15) is 0 Å². The van der Waals surface area contributed by atoms with Gasteiger partial charge in [-0.05, 0) is 0 Å². The second kappa shape index (κ2) is 129. The van der Waals surface area contributed by atoms with E-state index in [1.807, 2.05) is 0 Å². The molecule has 0 aliphatic heterocycles. The summed E-state index contributed by atoms with van der Waals surface area (Å²) in [6.45, 7) is 0. The zero-order chi connectivity index (χ0) is 0. The Balaban J connectivity index is 0. The van der Waals surface area contributed by atoms with E-state index in [0.29, 0.717) is 0 Å². The molecule has 0 aromatic heterocycles. The molecule has 0 nitrogen and oxygen atoms in total. The Morgan fingerprint density at radius 1 is 0.154 bits per heavy atom. The van der Waals surface area contributed by atoms with Crippen LogP contribution in [0.5, 0.6) is 0 Å². The van der Waals surface area contributed by atoms with Crippen LogP contribution in [0.3, 0.4) is 0 Å². The molecule has 0 unspecified atom stereocenters. The van der Waals surface area contributed by atoms with Gasteiger partial charge in [-0.15, -0.1) is 0 Å². The third-order valence-electron chi connectivity index (χ3n) is 0. The van der Waals surface area contributed by atoms with Gasteiger partial charge in [-0.1, -0.05) is 0 Å². The van der Waals surface area contributed by atoms with Crippen LogP contribution >= 0.6 is 0 Å². The number of hydrogen-bond donors (Lipinski definition) is 0. The molecule has 0 aromatic rings. The van der Waals surface area contributed by atoms with E-state index in [0.717, 1.165) is 0 Å². The first-order valence-corrected chi connectivity index (χ1v) is 0. The summed E-state index contributed by atoms with van der Waals surface area (Å²) in [5, 5.41) is 0. The summed E-state index contributed by atoms with van der Waals surface area (Å²) in [5.41, 5.74) is 0. The summed E-state index contributed by atoms with van der Waals surface area (Å²) >= 11 is 0. The molecular formula is H12Al4Cu9. The zero-order valence-electron chi connectivity index (χ0n) is 2.71. The minimum Gasteiger partial charge on any atom is 0 e. The Morgan fingerprint density at radius 3 is 0.154 bits per heavy atom. The van der Waals surface area contributed by atoms with Gasteiger partial charge in [0.15, 0.2) is 69.4 Å². The average Bonchev–Trinajstić information content (AvgIpc) is 0. The normalized spacial score (nSPS) is 0. The third-order valence-corrected chi connectivity index (χ3v) is 0. The molecule has 13 heteroatoms. The molecule has 0 aromatic carbocycles. The van der Waals surface area contributed by atoms with Gasteiger partial charge in [0.25, 0.3) is 0 Å². The molecule has 9 radical (unpaired) electrons. The number of hydrogen-bond acceptors (Lipinski definition) is 0. The maximum absolute atomic E-state index is 0. The fraction of sp³-hybridized carbons (Fsp3) is 0. The van der Waals surface area contributed by atoms with Crippen LogP contribution in [-0.2, 0) is 154 Å². The van der Waals surface area contributed by atoms with Crippen LogP contribution in [0.1, 0.15) is 0 Å². The van der Waals surface area contributed by atoms with Gasteiger partial charge in [0, 0.05) is 154 Å². The molecule has 0 heterocycles. The van der Waals surface area contributed by atoms with Crippen molar-refractivity contribution >= 4 is 69.4 Å². The van der Waals surface area contributed by atoms with Gasteiger partial charge in [0.1, 0.15) is 0 Å². The topological polar surface area (TPSA) is 0 Å². The van der Waals surface area contributed by atoms with Crippen molar-refractivity contribution < 1.29 is 154 Å². The Labute approximate surface area is 218 Å². The van der Waals surface area contributed by atoms with Gasteiger partial charge >= 0.3 is 0 Å². The minimum atomic E-state index is 0. The summed E-state index contributed by atoms with van der Waals surface area (Å²) < 4.78 is 0. The van der Waals surface area contributed by atoms with E-state index in [2.05, 4.69) is 0 Å². The molecule has 13 heavy (non-hydrogen) atoms. The van der Waals surface area contributed by atoms with Gasteiger partial charge in [-0.25, -0.2) is 0 Å². The average molecular weight is 692 g/mol. The standard InChI is InChI=1S/4Al.9Cu.12H. The van der Waals surface area contributed by atoms with E-state index in [4.69, 9.17) is 0 Å². The molecule has 0 saturated heterocycles. The molecule has 0 saturated carbocycles. The van der Waals surface area contributed by atoms with Gasteiger partial charge in [0.05, 0.1) is 0 Å². The molecule has 0 fully saturated rings. The Hall–Kier alpha value is 6.81. The predicted octanol–water partition coefficient (Wildman–Crippen LogP) is -4.76. The summed E-state index contributed by atoms with van der Waals surface area (Å²) in [7, 11) is 0.